The van der Waals surface area contributed by atoms with Crippen LogP contribution in [0.2, 0.25) is 0 Å². The van der Waals surface area contributed by atoms with Gasteiger partial charge in [0.2, 0.25) is 11.0 Å². The molecule has 0 spiro atoms. The molecular formula is C23H34N5OS+. The second kappa shape index (κ2) is 10.4. The highest BCUT2D eigenvalue weighted by Crippen LogP contribution is 2.27. The number of benzene rings is 1. The summed E-state index contributed by atoms with van der Waals surface area (Å²) in [5.74, 6) is 0.986. The fraction of sp³-hybridized carbons (Fsp3) is 0.609. The summed E-state index contributed by atoms with van der Waals surface area (Å²) >= 11 is 1.42. The molecule has 2 fully saturated rings. The number of carbonyl (C=O) groups excluding carboxylic acids is 1. The van der Waals surface area contributed by atoms with Crippen molar-refractivity contribution in [3.63, 3.8) is 0 Å². The third-order valence-electron chi connectivity index (χ3n) is 6.52. The van der Waals surface area contributed by atoms with E-state index in [-0.39, 0.29) is 11.9 Å². The van der Waals surface area contributed by atoms with E-state index in [0.717, 1.165) is 62.3 Å². The second-order valence-corrected chi connectivity index (χ2v) is 9.44. The van der Waals surface area contributed by atoms with E-state index in [1.807, 2.05) is 18.2 Å². The molecule has 1 amide bonds. The average Bonchev–Trinajstić information content (AvgIpc) is 3.42. The predicted molar refractivity (Wildman–Crippen MR) is 121 cm³/mol. The maximum atomic E-state index is 12.8. The molecule has 162 valence electrons. The number of rotatable bonds is 8. The molecule has 2 saturated heterocycles. The van der Waals surface area contributed by atoms with Crippen molar-refractivity contribution in [2.45, 2.75) is 64.0 Å². The van der Waals surface area contributed by atoms with Gasteiger partial charge in [0.05, 0.1) is 19.1 Å². The molecular weight excluding hydrogens is 394 g/mol. The molecule has 2 aliphatic heterocycles. The van der Waals surface area contributed by atoms with Gasteiger partial charge in [-0.3, -0.25) is 4.79 Å². The number of hydrogen-bond donors (Lipinski definition) is 2. The number of nitrogens with zero attached hydrogens (tertiary/aromatic N) is 3. The molecule has 6 nitrogen and oxygen atoms in total. The van der Waals surface area contributed by atoms with Crippen molar-refractivity contribution in [3.8, 4) is 0 Å². The topological polar surface area (TPSA) is 62.6 Å². The molecule has 4 rings (SSSR count). The minimum atomic E-state index is -0.108. The lowest BCUT2D eigenvalue weighted by molar-refractivity contribution is -0.928. The van der Waals surface area contributed by atoms with E-state index < -0.39 is 0 Å². The molecule has 30 heavy (non-hydrogen) atoms. The fourth-order valence-electron chi connectivity index (χ4n) is 4.75. The smallest absolute Gasteiger partial charge is 0.242 e. The highest BCUT2D eigenvalue weighted by Gasteiger charge is 2.32. The van der Waals surface area contributed by atoms with E-state index in [1.165, 1.54) is 42.9 Å². The summed E-state index contributed by atoms with van der Waals surface area (Å²) in [5, 5.41) is 4.07. The van der Waals surface area contributed by atoms with Crippen LogP contribution in [0.15, 0.2) is 30.3 Å². The summed E-state index contributed by atoms with van der Waals surface area (Å²) < 4.78 is 4.54. The minimum absolute atomic E-state index is 0.108. The SMILES string of the molecule is C[C@H]1CCCC[NH+]1CCCNC(=O)[C@@H]1CCCN1c1nc(Cc2ccccc2)ns1. The van der Waals surface area contributed by atoms with Crippen molar-refractivity contribution in [3.05, 3.63) is 41.7 Å². The molecule has 7 heteroatoms. The third kappa shape index (κ3) is 5.38. The van der Waals surface area contributed by atoms with E-state index in [4.69, 9.17) is 4.98 Å². The number of likely N-dealkylation sites (tertiary alicyclic amines) is 1. The molecule has 0 radical (unpaired) electrons. The van der Waals surface area contributed by atoms with Crippen molar-refractivity contribution < 1.29 is 9.69 Å². The van der Waals surface area contributed by atoms with Crippen LogP contribution in [0, 0.1) is 0 Å². The van der Waals surface area contributed by atoms with Crippen LogP contribution in [0.4, 0.5) is 5.13 Å². The maximum absolute atomic E-state index is 12.8. The van der Waals surface area contributed by atoms with Gasteiger partial charge in [0.1, 0.15) is 11.9 Å². The van der Waals surface area contributed by atoms with Crippen molar-refractivity contribution >= 4 is 22.6 Å². The summed E-state index contributed by atoms with van der Waals surface area (Å²) in [6.45, 7) is 6.46. The van der Waals surface area contributed by atoms with Crippen LogP contribution in [0.1, 0.15) is 56.8 Å². The highest BCUT2D eigenvalue weighted by atomic mass is 32.1. The van der Waals surface area contributed by atoms with Crippen LogP contribution in [0.3, 0.4) is 0 Å². The zero-order valence-electron chi connectivity index (χ0n) is 18.0. The first-order valence-corrected chi connectivity index (χ1v) is 12.2. The van der Waals surface area contributed by atoms with Gasteiger partial charge < -0.3 is 15.1 Å². The molecule has 2 aliphatic rings. The molecule has 0 bridgehead atoms. The second-order valence-electron chi connectivity index (χ2n) is 8.71. The van der Waals surface area contributed by atoms with Crippen LogP contribution in [0.5, 0.6) is 0 Å². The van der Waals surface area contributed by atoms with Gasteiger partial charge in [0, 0.05) is 37.5 Å². The van der Waals surface area contributed by atoms with Gasteiger partial charge in [-0.15, -0.1) is 0 Å². The third-order valence-corrected chi connectivity index (χ3v) is 7.31. The van der Waals surface area contributed by atoms with Crippen LogP contribution in [0.25, 0.3) is 0 Å². The number of hydrogen-bond acceptors (Lipinski definition) is 5. The predicted octanol–water partition coefficient (Wildman–Crippen LogP) is 2.06. The van der Waals surface area contributed by atoms with Crippen molar-refractivity contribution in [1.82, 2.24) is 14.7 Å². The number of nitrogens with one attached hydrogen (secondary N) is 2. The van der Waals surface area contributed by atoms with Gasteiger partial charge in [-0.25, -0.2) is 4.98 Å². The Labute approximate surface area is 183 Å². The summed E-state index contributed by atoms with van der Waals surface area (Å²) in [6, 6.07) is 10.9. The highest BCUT2D eigenvalue weighted by molar-refractivity contribution is 7.09. The van der Waals surface area contributed by atoms with Gasteiger partial charge in [-0.1, -0.05) is 30.3 Å². The Balaban J connectivity index is 1.26. The molecule has 3 heterocycles. The van der Waals surface area contributed by atoms with E-state index in [2.05, 4.69) is 33.6 Å². The first-order chi connectivity index (χ1) is 14.7. The number of carbonyl (C=O) groups is 1. The maximum Gasteiger partial charge on any atom is 0.242 e. The molecule has 1 aromatic carbocycles. The molecule has 2 aromatic rings. The Kier molecular flexibility index (Phi) is 7.33. The van der Waals surface area contributed by atoms with Gasteiger partial charge in [-0.05, 0) is 44.6 Å². The van der Waals surface area contributed by atoms with Gasteiger partial charge in [0.15, 0.2) is 0 Å². The van der Waals surface area contributed by atoms with Crippen LogP contribution < -0.4 is 15.1 Å². The summed E-state index contributed by atoms with van der Waals surface area (Å²) in [7, 11) is 0. The number of quaternary nitrogens is 1. The molecule has 0 saturated carbocycles. The summed E-state index contributed by atoms with van der Waals surface area (Å²) in [4.78, 5) is 21.4. The molecule has 2 N–H and O–H groups in total. The van der Waals surface area contributed by atoms with E-state index >= 15 is 0 Å². The Bertz CT molecular complexity index is 811. The Hall–Kier alpha value is -1.99. The molecule has 1 unspecified atom stereocenters. The minimum Gasteiger partial charge on any atom is -0.354 e. The zero-order chi connectivity index (χ0) is 20.8. The largest absolute Gasteiger partial charge is 0.354 e. The average molecular weight is 429 g/mol. The van der Waals surface area contributed by atoms with Crippen molar-refractivity contribution in [2.75, 3.05) is 31.1 Å². The van der Waals surface area contributed by atoms with Crippen LogP contribution in [-0.4, -0.2) is 53.5 Å². The lowest BCUT2D eigenvalue weighted by Gasteiger charge is -2.30. The first-order valence-electron chi connectivity index (χ1n) is 11.5. The number of amides is 1. The van der Waals surface area contributed by atoms with Gasteiger partial charge >= 0.3 is 0 Å². The summed E-state index contributed by atoms with van der Waals surface area (Å²) in [6.07, 6.45) is 7.77. The Morgan fingerprint density at radius 3 is 2.93 bits per heavy atom. The quantitative estimate of drug-likeness (QED) is 0.632. The normalized spacial score (nSPS) is 24.2. The van der Waals surface area contributed by atoms with Crippen LogP contribution in [-0.2, 0) is 11.2 Å². The fourth-order valence-corrected chi connectivity index (χ4v) is 5.51. The van der Waals surface area contributed by atoms with Gasteiger partial charge in [-0.2, -0.15) is 4.37 Å². The van der Waals surface area contributed by atoms with E-state index in [1.54, 1.807) is 4.90 Å². The van der Waals surface area contributed by atoms with Crippen LogP contribution >= 0.6 is 11.5 Å². The zero-order valence-corrected chi connectivity index (χ0v) is 18.8. The Morgan fingerprint density at radius 2 is 2.10 bits per heavy atom. The number of anilines is 1. The van der Waals surface area contributed by atoms with Crippen molar-refractivity contribution in [2.24, 2.45) is 0 Å². The molecule has 3 atom stereocenters. The lowest BCUT2D eigenvalue weighted by Crippen LogP contribution is -3.16. The number of piperidine rings is 1. The Morgan fingerprint density at radius 1 is 1.23 bits per heavy atom. The van der Waals surface area contributed by atoms with E-state index in [9.17, 15) is 4.79 Å². The van der Waals surface area contributed by atoms with Crippen molar-refractivity contribution in [1.29, 1.82) is 0 Å². The monoisotopic (exact) mass is 428 g/mol. The number of aromatic nitrogens is 2. The molecule has 1 aromatic heterocycles. The standard InChI is InChI=1S/C23H33N5OS/c1-18-9-5-6-14-27(18)15-8-13-24-22(29)20-12-7-16-28(20)23-25-21(26-30-23)17-19-10-3-2-4-11-19/h2-4,10-11,18,20H,5-9,12-17H2,1H3,(H,24,29)/p+1/t18-,20-/m0/s1. The first kappa shape index (κ1) is 21.2. The summed E-state index contributed by atoms with van der Waals surface area (Å²) in [5.41, 5.74) is 1.21. The van der Waals surface area contributed by atoms with Gasteiger partial charge in [0.25, 0.3) is 0 Å². The lowest BCUT2D eigenvalue weighted by atomic mass is 10.0. The molecule has 0 aliphatic carbocycles. The van der Waals surface area contributed by atoms with E-state index in [0.29, 0.717) is 0 Å².